The maximum atomic E-state index is 13.5. The second kappa shape index (κ2) is 7.35. The molecule has 5 nitrogen and oxygen atoms in total. The number of rotatable bonds is 3. The lowest BCUT2D eigenvalue weighted by Crippen LogP contribution is -2.29. The molecule has 1 N–H and O–H groups in total. The summed E-state index contributed by atoms with van der Waals surface area (Å²) in [5, 5.41) is 10.4. The maximum absolute atomic E-state index is 13.5. The van der Waals surface area contributed by atoms with Gasteiger partial charge in [0.15, 0.2) is 5.43 Å². The predicted molar refractivity (Wildman–Crippen MR) is 116 cm³/mol. The van der Waals surface area contributed by atoms with Crippen molar-refractivity contribution in [2.24, 2.45) is 0 Å². The summed E-state index contributed by atoms with van der Waals surface area (Å²) in [6.45, 7) is 0.142. The van der Waals surface area contributed by atoms with E-state index in [2.05, 4.69) is 15.9 Å². The van der Waals surface area contributed by atoms with Gasteiger partial charge in [0.25, 0.3) is 5.91 Å². The van der Waals surface area contributed by atoms with Crippen LogP contribution in [0.1, 0.15) is 33.3 Å². The molecule has 4 aromatic rings. The summed E-state index contributed by atoms with van der Waals surface area (Å²) < 4.78 is 20.0. The van der Waals surface area contributed by atoms with Gasteiger partial charge in [-0.05, 0) is 53.6 Å². The van der Waals surface area contributed by atoms with Crippen molar-refractivity contribution in [2.75, 3.05) is 0 Å². The van der Waals surface area contributed by atoms with E-state index in [0.717, 1.165) is 0 Å². The number of nitrogens with zero attached hydrogens (tertiary/aromatic N) is 1. The molecule has 1 aromatic heterocycles. The van der Waals surface area contributed by atoms with Gasteiger partial charge in [0.2, 0.25) is 5.76 Å². The molecule has 3 aromatic carbocycles. The number of amides is 1. The van der Waals surface area contributed by atoms with Crippen LogP contribution in [0.15, 0.2) is 80.4 Å². The molecule has 1 unspecified atom stereocenters. The number of phenolic OH excluding ortho intramolecular Hbond substituents is 1. The first-order valence-electron chi connectivity index (χ1n) is 9.53. The summed E-state index contributed by atoms with van der Waals surface area (Å²) in [7, 11) is 0. The summed E-state index contributed by atoms with van der Waals surface area (Å²) in [6.07, 6.45) is 0. The zero-order valence-corrected chi connectivity index (χ0v) is 17.6. The van der Waals surface area contributed by atoms with Crippen molar-refractivity contribution in [1.29, 1.82) is 0 Å². The third-order valence-electron chi connectivity index (χ3n) is 5.38. The Kier molecular flexibility index (Phi) is 4.63. The van der Waals surface area contributed by atoms with Crippen molar-refractivity contribution in [3.05, 3.63) is 110 Å². The molecule has 0 bridgehead atoms. The van der Waals surface area contributed by atoms with Gasteiger partial charge in [-0.2, -0.15) is 0 Å². The van der Waals surface area contributed by atoms with Crippen LogP contribution in [0.2, 0.25) is 0 Å². The first-order valence-corrected chi connectivity index (χ1v) is 10.3. The second-order valence-corrected chi connectivity index (χ2v) is 8.29. The van der Waals surface area contributed by atoms with Crippen LogP contribution < -0.4 is 5.43 Å². The Labute approximate surface area is 184 Å². The van der Waals surface area contributed by atoms with Crippen LogP contribution in [-0.4, -0.2) is 15.9 Å². The minimum Gasteiger partial charge on any atom is -0.508 e. The lowest BCUT2D eigenvalue weighted by Gasteiger charge is -2.25. The van der Waals surface area contributed by atoms with E-state index in [4.69, 9.17) is 4.42 Å². The summed E-state index contributed by atoms with van der Waals surface area (Å²) in [4.78, 5) is 28.3. The maximum Gasteiger partial charge on any atom is 0.291 e. The van der Waals surface area contributed by atoms with Gasteiger partial charge >= 0.3 is 0 Å². The fourth-order valence-electron chi connectivity index (χ4n) is 3.98. The molecule has 5 rings (SSSR count). The Bertz CT molecular complexity index is 1400. The van der Waals surface area contributed by atoms with Crippen LogP contribution in [0.5, 0.6) is 5.75 Å². The van der Waals surface area contributed by atoms with Crippen molar-refractivity contribution >= 4 is 32.8 Å². The van der Waals surface area contributed by atoms with E-state index in [9.17, 15) is 19.1 Å². The molecule has 1 aliphatic rings. The number of carbonyl (C=O) groups is 1. The van der Waals surface area contributed by atoms with Gasteiger partial charge < -0.3 is 14.4 Å². The van der Waals surface area contributed by atoms with E-state index in [1.54, 1.807) is 42.5 Å². The molecule has 0 saturated heterocycles. The third kappa shape index (κ3) is 3.31. The molecule has 1 atom stereocenters. The van der Waals surface area contributed by atoms with E-state index < -0.39 is 11.9 Å². The van der Waals surface area contributed by atoms with E-state index in [0.29, 0.717) is 26.6 Å². The molecule has 7 heteroatoms. The highest BCUT2D eigenvalue weighted by molar-refractivity contribution is 9.10. The van der Waals surface area contributed by atoms with Gasteiger partial charge in [-0.25, -0.2) is 4.39 Å². The molecule has 31 heavy (non-hydrogen) atoms. The molecule has 0 radical (unpaired) electrons. The molecule has 1 aliphatic heterocycles. The van der Waals surface area contributed by atoms with Crippen molar-refractivity contribution in [3.8, 4) is 5.75 Å². The van der Waals surface area contributed by atoms with Crippen LogP contribution in [0.3, 0.4) is 0 Å². The third-order valence-corrected chi connectivity index (χ3v) is 5.87. The number of fused-ring (bicyclic) bond motifs is 2. The van der Waals surface area contributed by atoms with Crippen LogP contribution >= 0.6 is 15.9 Å². The van der Waals surface area contributed by atoms with Crippen molar-refractivity contribution in [3.63, 3.8) is 0 Å². The molecule has 0 aliphatic carbocycles. The number of benzene rings is 3. The number of hydrogen-bond acceptors (Lipinski definition) is 4. The molecular weight excluding hydrogens is 465 g/mol. The van der Waals surface area contributed by atoms with E-state index in [-0.39, 0.29) is 34.9 Å². The Hall–Kier alpha value is -3.45. The summed E-state index contributed by atoms with van der Waals surface area (Å²) >= 11 is 3.37. The number of aromatic hydroxyl groups is 1. The van der Waals surface area contributed by atoms with Gasteiger partial charge in [-0.3, -0.25) is 9.59 Å². The zero-order chi connectivity index (χ0) is 21.7. The molecule has 154 valence electrons. The highest BCUT2D eigenvalue weighted by atomic mass is 79.9. The Morgan fingerprint density at radius 2 is 1.81 bits per heavy atom. The van der Waals surface area contributed by atoms with Gasteiger partial charge in [-0.1, -0.05) is 40.2 Å². The number of carbonyl (C=O) groups excluding carboxylic acids is 1. The normalized spacial score (nSPS) is 15.5. The zero-order valence-electron chi connectivity index (χ0n) is 16.0. The SMILES string of the molecule is O=C1c2oc3ccc(Br)cc3c(=O)c2C(c2cccc(O)c2)N1Cc1ccc(F)cc1. The van der Waals surface area contributed by atoms with E-state index in [1.165, 1.54) is 29.2 Å². The lowest BCUT2D eigenvalue weighted by molar-refractivity contribution is 0.0714. The van der Waals surface area contributed by atoms with Crippen LogP contribution in [-0.2, 0) is 6.54 Å². The summed E-state index contributed by atoms with van der Waals surface area (Å²) in [5.41, 5.74) is 1.52. The average molecular weight is 480 g/mol. The first-order chi connectivity index (χ1) is 14.9. The summed E-state index contributed by atoms with van der Waals surface area (Å²) in [5.74, 6) is -0.809. The quantitative estimate of drug-likeness (QED) is 0.441. The second-order valence-electron chi connectivity index (χ2n) is 7.37. The monoisotopic (exact) mass is 479 g/mol. The largest absolute Gasteiger partial charge is 0.508 e. The molecule has 0 saturated carbocycles. The highest BCUT2D eigenvalue weighted by Gasteiger charge is 2.42. The molecule has 0 fully saturated rings. The predicted octanol–water partition coefficient (Wildman–Crippen LogP) is 5.15. The van der Waals surface area contributed by atoms with Gasteiger partial charge in [-0.15, -0.1) is 0 Å². The smallest absolute Gasteiger partial charge is 0.291 e. The van der Waals surface area contributed by atoms with E-state index in [1.807, 2.05) is 0 Å². The minimum atomic E-state index is -0.751. The highest BCUT2D eigenvalue weighted by Crippen LogP contribution is 2.40. The van der Waals surface area contributed by atoms with Crippen LogP contribution in [0.4, 0.5) is 4.39 Å². The lowest BCUT2D eigenvalue weighted by atomic mass is 9.98. The van der Waals surface area contributed by atoms with Gasteiger partial charge in [0.05, 0.1) is 17.0 Å². The first kappa shape index (κ1) is 19.5. The molecule has 2 heterocycles. The fourth-order valence-corrected chi connectivity index (χ4v) is 4.34. The molecule has 0 spiro atoms. The fraction of sp³-hybridized carbons (Fsp3) is 0.0833. The molecule has 1 amide bonds. The van der Waals surface area contributed by atoms with Crippen molar-refractivity contribution < 1.29 is 18.7 Å². The minimum absolute atomic E-state index is 0.0183. The number of phenols is 1. The Balaban J connectivity index is 1.73. The Morgan fingerprint density at radius 1 is 1.03 bits per heavy atom. The van der Waals surface area contributed by atoms with Gasteiger partial charge in [0, 0.05) is 11.0 Å². The van der Waals surface area contributed by atoms with Gasteiger partial charge in [0.1, 0.15) is 17.1 Å². The van der Waals surface area contributed by atoms with Crippen molar-refractivity contribution in [1.82, 2.24) is 4.90 Å². The summed E-state index contributed by atoms with van der Waals surface area (Å²) in [6, 6.07) is 16.6. The number of halogens is 2. The number of hydrogen-bond donors (Lipinski definition) is 1. The average Bonchev–Trinajstić information content (AvgIpc) is 3.02. The van der Waals surface area contributed by atoms with Crippen molar-refractivity contribution in [2.45, 2.75) is 12.6 Å². The van der Waals surface area contributed by atoms with E-state index >= 15 is 0 Å². The van der Waals surface area contributed by atoms with Crippen LogP contribution in [0, 0.1) is 5.82 Å². The standard InChI is InChI=1S/C24H15BrFNO4/c25-15-6-9-19-18(11-15)22(29)20-21(14-2-1-3-17(28)10-14)27(24(30)23(20)31-19)12-13-4-7-16(26)8-5-13/h1-11,21,28H,12H2. The Morgan fingerprint density at radius 3 is 2.55 bits per heavy atom. The van der Waals surface area contributed by atoms with Crippen LogP contribution in [0.25, 0.3) is 11.0 Å². The molecular formula is C24H15BrFNO4. The topological polar surface area (TPSA) is 70.8 Å².